The number of hydrogen-bond donors (Lipinski definition) is 2. The molecule has 0 aliphatic carbocycles. The SMILES string of the molecule is Cc1c(C)c2c(c(C)c1N)CC(C)(CN1CCC(C(=O)NC(c3ccccc3)c3ccccc3)CC1)O2. The molecule has 1 amide bonds. The number of nitrogens with one attached hydrogen (secondary N) is 1. The molecule has 37 heavy (non-hydrogen) atoms. The molecule has 0 bridgehead atoms. The highest BCUT2D eigenvalue weighted by molar-refractivity contribution is 5.79. The molecule has 2 aliphatic heterocycles. The molecule has 0 saturated carbocycles. The number of likely N-dealkylation sites (tertiary alicyclic amines) is 1. The van der Waals surface area contributed by atoms with Crippen LogP contribution in [0.1, 0.15) is 59.2 Å². The molecule has 1 fully saturated rings. The number of ether oxygens (including phenoxy) is 1. The molecule has 1 unspecified atom stereocenters. The number of nitrogen functional groups attached to an aromatic ring is 1. The van der Waals surface area contributed by atoms with Crippen LogP contribution in [0.25, 0.3) is 0 Å². The van der Waals surface area contributed by atoms with Gasteiger partial charge in [0.05, 0.1) is 6.04 Å². The van der Waals surface area contributed by atoms with E-state index in [0.29, 0.717) is 0 Å². The number of rotatable bonds is 6. The van der Waals surface area contributed by atoms with Crippen LogP contribution in [0.4, 0.5) is 5.69 Å². The number of benzene rings is 3. The van der Waals surface area contributed by atoms with Crippen LogP contribution in [-0.4, -0.2) is 36.0 Å². The van der Waals surface area contributed by atoms with Crippen LogP contribution < -0.4 is 15.8 Å². The van der Waals surface area contributed by atoms with E-state index < -0.39 is 0 Å². The van der Waals surface area contributed by atoms with Gasteiger partial charge in [-0.1, -0.05) is 60.7 Å². The molecule has 194 valence electrons. The van der Waals surface area contributed by atoms with Gasteiger partial charge in [0.25, 0.3) is 0 Å². The zero-order valence-corrected chi connectivity index (χ0v) is 22.5. The van der Waals surface area contributed by atoms with Gasteiger partial charge < -0.3 is 15.8 Å². The number of fused-ring (bicyclic) bond motifs is 1. The summed E-state index contributed by atoms with van der Waals surface area (Å²) in [4.78, 5) is 15.9. The lowest BCUT2D eigenvalue weighted by molar-refractivity contribution is -0.127. The topological polar surface area (TPSA) is 67.6 Å². The molecule has 1 saturated heterocycles. The van der Waals surface area contributed by atoms with Crippen molar-refractivity contribution in [2.75, 3.05) is 25.4 Å². The highest BCUT2D eigenvalue weighted by atomic mass is 16.5. The smallest absolute Gasteiger partial charge is 0.223 e. The number of carbonyl (C=O) groups is 1. The lowest BCUT2D eigenvalue weighted by Gasteiger charge is -2.37. The van der Waals surface area contributed by atoms with E-state index in [4.69, 9.17) is 10.5 Å². The third-order valence-corrected chi connectivity index (χ3v) is 8.41. The molecule has 1 atom stereocenters. The van der Waals surface area contributed by atoms with E-state index in [1.165, 1.54) is 5.56 Å². The second-order valence-corrected chi connectivity index (χ2v) is 11.1. The van der Waals surface area contributed by atoms with Crippen molar-refractivity contribution in [2.45, 2.75) is 58.6 Å². The Morgan fingerprint density at radius 2 is 1.54 bits per heavy atom. The first-order valence-corrected chi connectivity index (χ1v) is 13.5. The van der Waals surface area contributed by atoms with Crippen molar-refractivity contribution in [1.29, 1.82) is 0 Å². The van der Waals surface area contributed by atoms with Gasteiger partial charge >= 0.3 is 0 Å². The Kier molecular flexibility index (Phi) is 7.00. The zero-order chi connectivity index (χ0) is 26.2. The molecule has 3 aromatic rings. The van der Waals surface area contributed by atoms with Gasteiger partial charge in [0.15, 0.2) is 0 Å². The van der Waals surface area contributed by atoms with Crippen LogP contribution in [0.2, 0.25) is 0 Å². The molecular weight excluding hydrogens is 458 g/mol. The molecule has 0 aromatic heterocycles. The third-order valence-electron chi connectivity index (χ3n) is 8.41. The molecule has 0 radical (unpaired) electrons. The minimum atomic E-state index is -0.279. The van der Waals surface area contributed by atoms with E-state index in [-0.39, 0.29) is 23.5 Å². The summed E-state index contributed by atoms with van der Waals surface area (Å²) in [6.45, 7) is 11.1. The van der Waals surface area contributed by atoms with Crippen molar-refractivity contribution in [3.05, 3.63) is 94.0 Å². The van der Waals surface area contributed by atoms with Crippen LogP contribution >= 0.6 is 0 Å². The number of carbonyl (C=O) groups excluding carboxylic acids is 1. The maximum Gasteiger partial charge on any atom is 0.223 e. The van der Waals surface area contributed by atoms with Gasteiger partial charge in [0, 0.05) is 30.1 Å². The Hall–Kier alpha value is -3.31. The fourth-order valence-corrected chi connectivity index (χ4v) is 6.04. The molecule has 2 heterocycles. The van der Waals surface area contributed by atoms with E-state index in [2.05, 4.69) is 62.2 Å². The maximum absolute atomic E-state index is 13.4. The first kappa shape index (κ1) is 25.3. The average Bonchev–Trinajstić information content (AvgIpc) is 3.28. The van der Waals surface area contributed by atoms with Gasteiger partial charge in [-0.15, -0.1) is 0 Å². The Labute approximate surface area is 221 Å². The second kappa shape index (κ2) is 10.2. The van der Waals surface area contributed by atoms with E-state index in [0.717, 1.165) is 78.2 Å². The summed E-state index contributed by atoms with van der Waals surface area (Å²) in [5.41, 5.74) is 13.9. The molecule has 3 aromatic carbocycles. The second-order valence-electron chi connectivity index (χ2n) is 11.1. The summed E-state index contributed by atoms with van der Waals surface area (Å²) in [7, 11) is 0. The highest BCUT2D eigenvalue weighted by Crippen LogP contribution is 2.44. The minimum absolute atomic E-state index is 0.0209. The van der Waals surface area contributed by atoms with Gasteiger partial charge in [-0.05, 0) is 81.4 Å². The molecule has 5 heteroatoms. The predicted octanol–water partition coefficient (Wildman–Crippen LogP) is 5.51. The molecule has 5 rings (SSSR count). The van der Waals surface area contributed by atoms with E-state index >= 15 is 0 Å². The van der Waals surface area contributed by atoms with E-state index in [1.807, 2.05) is 36.4 Å². The first-order valence-electron chi connectivity index (χ1n) is 13.5. The Bertz CT molecular complexity index is 1190. The van der Waals surface area contributed by atoms with Crippen molar-refractivity contribution in [2.24, 2.45) is 5.92 Å². The normalized spacial score (nSPS) is 20.0. The minimum Gasteiger partial charge on any atom is -0.485 e. The number of amides is 1. The van der Waals surface area contributed by atoms with Crippen molar-refractivity contribution in [3.8, 4) is 5.75 Å². The highest BCUT2D eigenvalue weighted by Gasteiger charge is 2.40. The van der Waals surface area contributed by atoms with Crippen molar-refractivity contribution >= 4 is 11.6 Å². The molecule has 3 N–H and O–H groups in total. The maximum atomic E-state index is 13.4. The van der Waals surface area contributed by atoms with Crippen LogP contribution in [0.5, 0.6) is 5.75 Å². The van der Waals surface area contributed by atoms with Gasteiger partial charge in [0.2, 0.25) is 5.91 Å². The number of nitrogens with two attached hydrogens (primary N) is 1. The van der Waals surface area contributed by atoms with Crippen LogP contribution in [0.15, 0.2) is 60.7 Å². The third kappa shape index (κ3) is 5.10. The quantitative estimate of drug-likeness (QED) is 0.441. The fraction of sp³-hybridized carbons (Fsp3) is 0.406. The van der Waals surface area contributed by atoms with E-state index in [1.54, 1.807) is 0 Å². The Balaban J connectivity index is 1.21. The number of nitrogens with zero attached hydrogens (tertiary/aromatic N) is 1. The zero-order valence-electron chi connectivity index (χ0n) is 22.5. The van der Waals surface area contributed by atoms with Crippen molar-refractivity contribution in [3.63, 3.8) is 0 Å². The van der Waals surface area contributed by atoms with Crippen molar-refractivity contribution < 1.29 is 9.53 Å². The van der Waals surface area contributed by atoms with Gasteiger partial charge in [-0.3, -0.25) is 9.69 Å². The number of piperidine rings is 1. The van der Waals surface area contributed by atoms with Gasteiger partial charge in [-0.25, -0.2) is 0 Å². The average molecular weight is 498 g/mol. The summed E-state index contributed by atoms with van der Waals surface area (Å²) in [6, 6.07) is 20.3. The Morgan fingerprint density at radius 1 is 0.973 bits per heavy atom. The summed E-state index contributed by atoms with van der Waals surface area (Å²) < 4.78 is 6.59. The number of anilines is 1. The van der Waals surface area contributed by atoms with Crippen LogP contribution in [0, 0.1) is 26.7 Å². The first-order chi connectivity index (χ1) is 17.8. The molecule has 2 aliphatic rings. The van der Waals surface area contributed by atoms with Gasteiger partial charge in [-0.2, -0.15) is 0 Å². The monoisotopic (exact) mass is 497 g/mol. The lowest BCUT2D eigenvalue weighted by atomic mass is 9.90. The standard InChI is InChI=1S/C32H39N3O2/c1-21-22(2)30-27(23(3)28(21)33)19-32(4,37-30)20-35-17-15-26(16-18-35)31(36)34-29(24-11-7-5-8-12-24)25-13-9-6-10-14-25/h5-14,26,29H,15-20,33H2,1-4H3,(H,34,36). The molecule has 5 nitrogen and oxygen atoms in total. The largest absolute Gasteiger partial charge is 0.485 e. The predicted molar refractivity (Wildman–Crippen MR) is 150 cm³/mol. The summed E-state index contributed by atoms with van der Waals surface area (Å²) in [5.74, 6) is 1.19. The summed E-state index contributed by atoms with van der Waals surface area (Å²) in [6.07, 6.45) is 2.58. The van der Waals surface area contributed by atoms with Crippen molar-refractivity contribution in [1.82, 2.24) is 10.2 Å². The summed E-state index contributed by atoms with van der Waals surface area (Å²) >= 11 is 0. The molecular formula is C32H39N3O2. The molecule has 0 spiro atoms. The van der Waals surface area contributed by atoms with Crippen LogP contribution in [-0.2, 0) is 11.2 Å². The van der Waals surface area contributed by atoms with Crippen LogP contribution in [0.3, 0.4) is 0 Å². The Morgan fingerprint density at radius 3 is 2.11 bits per heavy atom. The lowest BCUT2D eigenvalue weighted by Crippen LogP contribution is -2.48. The number of hydrogen-bond acceptors (Lipinski definition) is 4. The van der Waals surface area contributed by atoms with E-state index in [9.17, 15) is 4.79 Å². The van der Waals surface area contributed by atoms with Gasteiger partial charge in [0.1, 0.15) is 11.4 Å². The summed E-state index contributed by atoms with van der Waals surface area (Å²) in [5, 5.41) is 3.36. The fourth-order valence-electron chi connectivity index (χ4n) is 6.04.